The number of urea groups is 1. The lowest BCUT2D eigenvalue weighted by atomic mass is 9.64. The minimum Gasteiger partial charge on any atom is -0.338 e. The topological polar surface area (TPSA) is 53.2 Å². The minimum atomic E-state index is -0.0132. The molecule has 0 bridgehead atoms. The van der Waals surface area contributed by atoms with Gasteiger partial charge < -0.3 is 16.0 Å². The summed E-state index contributed by atoms with van der Waals surface area (Å²) < 4.78 is 0. The van der Waals surface area contributed by atoms with E-state index in [4.69, 9.17) is 0 Å². The molecule has 4 nitrogen and oxygen atoms in total. The van der Waals surface area contributed by atoms with Crippen molar-refractivity contribution in [2.24, 2.45) is 5.92 Å². The van der Waals surface area contributed by atoms with E-state index in [9.17, 15) is 4.79 Å². The first-order valence-electron chi connectivity index (χ1n) is 8.56. The first kappa shape index (κ1) is 15.3. The predicted molar refractivity (Wildman–Crippen MR) is 89.0 cm³/mol. The van der Waals surface area contributed by atoms with Crippen molar-refractivity contribution in [3.05, 3.63) is 35.9 Å². The average molecular weight is 301 g/mol. The van der Waals surface area contributed by atoms with Crippen LogP contribution < -0.4 is 16.0 Å². The molecule has 1 saturated carbocycles. The van der Waals surface area contributed by atoms with Gasteiger partial charge in [0.1, 0.15) is 0 Å². The molecule has 1 aliphatic heterocycles. The molecule has 120 valence electrons. The molecule has 2 aliphatic rings. The van der Waals surface area contributed by atoms with Gasteiger partial charge in [-0.2, -0.15) is 0 Å². The summed E-state index contributed by atoms with van der Waals surface area (Å²) in [7, 11) is 0. The Morgan fingerprint density at radius 3 is 2.50 bits per heavy atom. The van der Waals surface area contributed by atoms with E-state index >= 15 is 0 Å². The molecular weight excluding hydrogens is 274 g/mol. The molecule has 2 amide bonds. The molecule has 1 aromatic carbocycles. The maximum absolute atomic E-state index is 12.1. The van der Waals surface area contributed by atoms with Crippen LogP contribution in [0.1, 0.15) is 37.7 Å². The molecule has 0 atom stereocenters. The fourth-order valence-electron chi connectivity index (χ4n) is 3.60. The highest BCUT2D eigenvalue weighted by molar-refractivity contribution is 5.74. The normalized spacial score (nSPS) is 20.9. The van der Waals surface area contributed by atoms with Crippen LogP contribution in [0.5, 0.6) is 0 Å². The Hall–Kier alpha value is -1.55. The lowest BCUT2D eigenvalue weighted by Crippen LogP contribution is -2.49. The summed E-state index contributed by atoms with van der Waals surface area (Å²) in [4.78, 5) is 12.1. The second-order valence-electron chi connectivity index (χ2n) is 6.76. The van der Waals surface area contributed by atoms with E-state index in [-0.39, 0.29) is 11.4 Å². The zero-order chi connectivity index (χ0) is 15.3. The van der Waals surface area contributed by atoms with Crippen molar-refractivity contribution in [3.8, 4) is 0 Å². The Morgan fingerprint density at radius 1 is 1.14 bits per heavy atom. The van der Waals surface area contributed by atoms with E-state index in [1.165, 1.54) is 24.8 Å². The van der Waals surface area contributed by atoms with E-state index in [1.807, 2.05) is 0 Å². The quantitative estimate of drug-likeness (QED) is 0.782. The molecular formula is C18H27N3O. The van der Waals surface area contributed by atoms with Gasteiger partial charge in [-0.25, -0.2) is 4.79 Å². The number of nitrogens with one attached hydrogen (secondary N) is 3. The second-order valence-corrected chi connectivity index (χ2v) is 6.76. The van der Waals surface area contributed by atoms with Crippen LogP contribution >= 0.6 is 0 Å². The molecule has 1 aromatic rings. The summed E-state index contributed by atoms with van der Waals surface area (Å²) in [6, 6.07) is 10.6. The van der Waals surface area contributed by atoms with Crippen molar-refractivity contribution in [1.82, 2.24) is 16.0 Å². The number of rotatable bonds is 5. The van der Waals surface area contributed by atoms with E-state index < -0.39 is 0 Å². The van der Waals surface area contributed by atoms with Gasteiger partial charge in [0.15, 0.2) is 0 Å². The van der Waals surface area contributed by atoms with Crippen LogP contribution in [-0.4, -0.2) is 32.2 Å². The lowest BCUT2D eigenvalue weighted by Gasteiger charge is -2.42. The Labute approximate surface area is 133 Å². The molecule has 0 aromatic heterocycles. The lowest BCUT2D eigenvalue weighted by molar-refractivity contribution is 0.212. The monoisotopic (exact) mass is 301 g/mol. The van der Waals surface area contributed by atoms with Crippen LogP contribution in [0.25, 0.3) is 0 Å². The second kappa shape index (κ2) is 7.14. The van der Waals surface area contributed by atoms with E-state index in [0.717, 1.165) is 39.0 Å². The SMILES string of the molecule is O=C(NCC1CCNCC1)NCC1(c2ccccc2)CCC1. The molecule has 1 aliphatic carbocycles. The summed E-state index contributed by atoms with van der Waals surface area (Å²) in [5.41, 5.74) is 1.52. The van der Waals surface area contributed by atoms with Crippen molar-refractivity contribution < 1.29 is 4.79 Å². The summed E-state index contributed by atoms with van der Waals surface area (Å²) in [6.07, 6.45) is 5.92. The third-order valence-electron chi connectivity index (χ3n) is 5.29. The van der Waals surface area contributed by atoms with Gasteiger partial charge in [-0.05, 0) is 50.3 Å². The maximum Gasteiger partial charge on any atom is 0.314 e. The molecule has 1 saturated heterocycles. The van der Waals surface area contributed by atoms with Gasteiger partial charge in [-0.15, -0.1) is 0 Å². The fraction of sp³-hybridized carbons (Fsp3) is 0.611. The maximum atomic E-state index is 12.1. The first-order valence-corrected chi connectivity index (χ1v) is 8.56. The molecule has 1 heterocycles. The third-order valence-corrected chi connectivity index (χ3v) is 5.29. The van der Waals surface area contributed by atoms with E-state index in [2.05, 4.69) is 46.3 Å². The Morgan fingerprint density at radius 2 is 1.86 bits per heavy atom. The molecule has 0 radical (unpaired) electrons. The van der Waals surface area contributed by atoms with Gasteiger partial charge in [-0.3, -0.25) is 0 Å². The number of hydrogen-bond donors (Lipinski definition) is 3. The molecule has 4 heteroatoms. The van der Waals surface area contributed by atoms with Crippen LogP contribution in [0.2, 0.25) is 0 Å². The Balaban J connectivity index is 1.45. The summed E-state index contributed by atoms with van der Waals surface area (Å²) >= 11 is 0. The zero-order valence-corrected chi connectivity index (χ0v) is 13.2. The van der Waals surface area contributed by atoms with Crippen LogP contribution in [0.15, 0.2) is 30.3 Å². The van der Waals surface area contributed by atoms with Crippen LogP contribution in [0.3, 0.4) is 0 Å². The molecule has 3 rings (SSSR count). The van der Waals surface area contributed by atoms with Gasteiger partial charge in [0.2, 0.25) is 0 Å². The van der Waals surface area contributed by atoms with Crippen LogP contribution in [-0.2, 0) is 5.41 Å². The number of carbonyl (C=O) groups excluding carboxylic acids is 1. The van der Waals surface area contributed by atoms with E-state index in [0.29, 0.717) is 5.92 Å². The largest absolute Gasteiger partial charge is 0.338 e. The van der Waals surface area contributed by atoms with Crippen molar-refractivity contribution in [2.45, 2.75) is 37.5 Å². The molecule has 3 N–H and O–H groups in total. The average Bonchev–Trinajstić information content (AvgIpc) is 2.54. The van der Waals surface area contributed by atoms with Gasteiger partial charge in [0.05, 0.1) is 0 Å². The van der Waals surface area contributed by atoms with Crippen molar-refractivity contribution in [2.75, 3.05) is 26.2 Å². The van der Waals surface area contributed by atoms with E-state index in [1.54, 1.807) is 0 Å². The summed E-state index contributed by atoms with van der Waals surface area (Å²) in [5.74, 6) is 0.624. The predicted octanol–water partition coefficient (Wildman–Crippen LogP) is 2.41. The van der Waals surface area contributed by atoms with Gasteiger partial charge in [-0.1, -0.05) is 36.8 Å². The highest BCUT2D eigenvalue weighted by Gasteiger charge is 2.38. The molecule has 22 heavy (non-hydrogen) atoms. The molecule has 2 fully saturated rings. The van der Waals surface area contributed by atoms with Gasteiger partial charge >= 0.3 is 6.03 Å². The zero-order valence-electron chi connectivity index (χ0n) is 13.2. The van der Waals surface area contributed by atoms with Crippen molar-refractivity contribution in [3.63, 3.8) is 0 Å². The number of amides is 2. The standard InChI is InChI=1S/C18H27N3O/c22-17(20-13-15-7-11-19-12-8-15)21-14-18(9-4-10-18)16-5-2-1-3-6-16/h1-3,5-6,15,19H,4,7-14H2,(H2,20,21,22). The molecule has 0 spiro atoms. The van der Waals surface area contributed by atoms with Crippen LogP contribution in [0, 0.1) is 5.92 Å². The highest BCUT2D eigenvalue weighted by Crippen LogP contribution is 2.43. The van der Waals surface area contributed by atoms with Gasteiger partial charge in [0, 0.05) is 18.5 Å². The third kappa shape index (κ3) is 3.61. The Kier molecular flexibility index (Phi) is 4.98. The highest BCUT2D eigenvalue weighted by atomic mass is 16.2. The number of carbonyl (C=O) groups is 1. The smallest absolute Gasteiger partial charge is 0.314 e. The molecule has 0 unspecified atom stereocenters. The van der Waals surface area contributed by atoms with Gasteiger partial charge in [0.25, 0.3) is 0 Å². The van der Waals surface area contributed by atoms with Crippen molar-refractivity contribution >= 4 is 6.03 Å². The fourth-order valence-corrected chi connectivity index (χ4v) is 3.60. The Bertz CT molecular complexity index is 478. The summed E-state index contributed by atoms with van der Waals surface area (Å²) in [6.45, 7) is 3.69. The first-order chi connectivity index (χ1) is 10.8. The minimum absolute atomic E-state index is 0.0132. The van der Waals surface area contributed by atoms with Crippen molar-refractivity contribution in [1.29, 1.82) is 0 Å². The summed E-state index contributed by atoms with van der Waals surface area (Å²) in [5, 5.41) is 9.50. The van der Waals surface area contributed by atoms with Crippen LogP contribution in [0.4, 0.5) is 4.79 Å². The number of benzene rings is 1. The number of piperidine rings is 1. The number of hydrogen-bond acceptors (Lipinski definition) is 2.